The summed E-state index contributed by atoms with van der Waals surface area (Å²) < 4.78 is 0. The fourth-order valence-electron chi connectivity index (χ4n) is 3.36. The number of anilines is 1. The van der Waals surface area contributed by atoms with Gasteiger partial charge in [0.05, 0.1) is 5.69 Å². The Bertz CT molecular complexity index is 709. The maximum absolute atomic E-state index is 9.09. The molecule has 2 aromatic rings. The standard InChI is InChI=1S/C16H19N3S/c1-8(2)11-5-10-6-12-15(18)14(7-17)20-16(12)19-13(10)4-9(11)3/h6,8-9,11H,4-5,18H2,1-3H3. The molecule has 0 fully saturated rings. The van der Waals surface area contributed by atoms with Gasteiger partial charge in [-0.1, -0.05) is 20.8 Å². The summed E-state index contributed by atoms with van der Waals surface area (Å²) in [5.41, 5.74) is 9.18. The van der Waals surface area contributed by atoms with Crippen LogP contribution in [0.2, 0.25) is 0 Å². The summed E-state index contributed by atoms with van der Waals surface area (Å²) in [6.45, 7) is 6.92. The van der Waals surface area contributed by atoms with E-state index in [9.17, 15) is 0 Å². The van der Waals surface area contributed by atoms with Crippen molar-refractivity contribution in [3.63, 3.8) is 0 Å². The number of nitrogens with zero attached hydrogens (tertiary/aromatic N) is 2. The van der Waals surface area contributed by atoms with Gasteiger partial charge in [-0.15, -0.1) is 11.3 Å². The zero-order valence-corrected chi connectivity index (χ0v) is 12.9. The molecule has 0 saturated carbocycles. The lowest BCUT2D eigenvalue weighted by Crippen LogP contribution is -2.27. The zero-order valence-electron chi connectivity index (χ0n) is 12.1. The summed E-state index contributed by atoms with van der Waals surface area (Å²) in [4.78, 5) is 6.27. The average molecular weight is 285 g/mol. The average Bonchev–Trinajstić information content (AvgIpc) is 2.71. The number of hydrogen-bond acceptors (Lipinski definition) is 4. The highest BCUT2D eigenvalue weighted by Gasteiger charge is 2.29. The second kappa shape index (κ2) is 4.75. The lowest BCUT2D eigenvalue weighted by molar-refractivity contribution is 0.250. The van der Waals surface area contributed by atoms with Crippen LogP contribution >= 0.6 is 11.3 Å². The predicted octanol–water partition coefficient (Wildman–Crippen LogP) is 3.76. The molecule has 4 heteroatoms. The van der Waals surface area contributed by atoms with Crippen LogP contribution in [0.4, 0.5) is 5.69 Å². The van der Waals surface area contributed by atoms with E-state index in [-0.39, 0.29) is 0 Å². The molecular formula is C16H19N3S. The third kappa shape index (κ3) is 1.97. The Morgan fingerprint density at radius 2 is 2.20 bits per heavy atom. The van der Waals surface area contributed by atoms with Gasteiger partial charge in [0, 0.05) is 11.1 Å². The van der Waals surface area contributed by atoms with Crippen LogP contribution in [-0.4, -0.2) is 4.98 Å². The minimum absolute atomic E-state index is 0.586. The quantitative estimate of drug-likeness (QED) is 0.867. The highest BCUT2D eigenvalue weighted by atomic mass is 32.1. The van der Waals surface area contributed by atoms with Gasteiger partial charge < -0.3 is 5.73 Å². The Morgan fingerprint density at radius 3 is 2.85 bits per heavy atom. The molecule has 3 nitrogen and oxygen atoms in total. The fraction of sp³-hybridized carbons (Fsp3) is 0.500. The van der Waals surface area contributed by atoms with Crippen molar-refractivity contribution in [1.29, 1.82) is 5.26 Å². The normalized spacial score (nSPS) is 21.9. The van der Waals surface area contributed by atoms with E-state index in [2.05, 4.69) is 32.9 Å². The van der Waals surface area contributed by atoms with Crippen molar-refractivity contribution in [3.05, 3.63) is 22.2 Å². The van der Waals surface area contributed by atoms with Gasteiger partial charge in [0.1, 0.15) is 15.8 Å². The van der Waals surface area contributed by atoms with Crippen LogP contribution in [-0.2, 0) is 12.8 Å². The minimum Gasteiger partial charge on any atom is -0.396 e. The molecule has 0 aliphatic heterocycles. The summed E-state index contributed by atoms with van der Waals surface area (Å²) in [5.74, 6) is 2.06. The second-order valence-electron chi connectivity index (χ2n) is 6.20. The maximum atomic E-state index is 9.09. The molecule has 2 unspecified atom stereocenters. The van der Waals surface area contributed by atoms with Crippen molar-refractivity contribution in [1.82, 2.24) is 4.98 Å². The first-order valence-corrected chi connectivity index (χ1v) is 7.93. The number of aromatic nitrogens is 1. The first-order valence-electron chi connectivity index (χ1n) is 7.12. The molecule has 0 bridgehead atoms. The van der Waals surface area contributed by atoms with Crippen molar-refractivity contribution < 1.29 is 0 Å². The van der Waals surface area contributed by atoms with Crippen molar-refractivity contribution in [2.45, 2.75) is 33.6 Å². The number of thiophene rings is 1. The van der Waals surface area contributed by atoms with Crippen LogP contribution < -0.4 is 5.73 Å². The highest BCUT2D eigenvalue weighted by Crippen LogP contribution is 2.38. The Kier molecular flexibility index (Phi) is 3.18. The van der Waals surface area contributed by atoms with Gasteiger partial charge in [-0.05, 0) is 42.2 Å². The largest absolute Gasteiger partial charge is 0.396 e. The van der Waals surface area contributed by atoms with E-state index in [4.69, 9.17) is 16.0 Å². The molecule has 2 atom stereocenters. The third-order valence-corrected chi connectivity index (χ3v) is 5.57. The van der Waals surface area contributed by atoms with Gasteiger partial charge in [-0.25, -0.2) is 4.98 Å². The van der Waals surface area contributed by atoms with E-state index < -0.39 is 0 Å². The van der Waals surface area contributed by atoms with Gasteiger partial charge in [-0.3, -0.25) is 0 Å². The van der Waals surface area contributed by atoms with E-state index in [0.29, 0.717) is 28.3 Å². The predicted molar refractivity (Wildman–Crippen MR) is 83.6 cm³/mol. The maximum Gasteiger partial charge on any atom is 0.130 e. The number of hydrogen-bond donors (Lipinski definition) is 1. The van der Waals surface area contributed by atoms with Crippen molar-refractivity contribution >= 4 is 27.2 Å². The Hall–Kier alpha value is -1.60. The lowest BCUT2D eigenvalue weighted by atomic mass is 9.73. The van der Waals surface area contributed by atoms with Crippen LogP contribution in [0, 0.1) is 29.1 Å². The Labute approximate surface area is 123 Å². The van der Waals surface area contributed by atoms with Crippen molar-refractivity contribution in [2.24, 2.45) is 17.8 Å². The molecule has 1 aliphatic rings. The Morgan fingerprint density at radius 1 is 1.45 bits per heavy atom. The summed E-state index contributed by atoms with van der Waals surface area (Å²) in [6, 6.07) is 4.34. The zero-order chi connectivity index (χ0) is 14.4. The topological polar surface area (TPSA) is 62.7 Å². The third-order valence-electron chi connectivity index (χ3n) is 4.55. The molecule has 2 N–H and O–H groups in total. The number of nitrogen functional groups attached to an aromatic ring is 1. The number of nitriles is 1. The molecule has 0 spiro atoms. The van der Waals surface area contributed by atoms with Gasteiger partial charge >= 0.3 is 0 Å². The monoisotopic (exact) mass is 285 g/mol. The van der Waals surface area contributed by atoms with E-state index in [1.54, 1.807) is 0 Å². The number of pyridine rings is 1. The summed E-state index contributed by atoms with van der Waals surface area (Å²) >= 11 is 1.41. The minimum atomic E-state index is 0.586. The molecular weight excluding hydrogens is 266 g/mol. The van der Waals surface area contributed by atoms with Crippen molar-refractivity contribution in [2.75, 3.05) is 5.73 Å². The number of fused-ring (bicyclic) bond motifs is 2. The molecule has 3 rings (SSSR count). The first kappa shape index (κ1) is 13.4. The first-order chi connectivity index (χ1) is 9.51. The molecule has 2 aromatic heterocycles. The van der Waals surface area contributed by atoms with Crippen LogP contribution in [0.25, 0.3) is 10.2 Å². The fourth-order valence-corrected chi connectivity index (χ4v) is 4.25. The van der Waals surface area contributed by atoms with Crippen molar-refractivity contribution in [3.8, 4) is 6.07 Å². The molecule has 0 saturated heterocycles. The lowest BCUT2D eigenvalue weighted by Gasteiger charge is -2.33. The molecule has 0 aromatic carbocycles. The van der Waals surface area contributed by atoms with Crippen LogP contribution in [0.5, 0.6) is 0 Å². The van der Waals surface area contributed by atoms with E-state index in [1.165, 1.54) is 22.6 Å². The molecule has 104 valence electrons. The van der Waals surface area contributed by atoms with E-state index >= 15 is 0 Å². The smallest absolute Gasteiger partial charge is 0.130 e. The van der Waals surface area contributed by atoms with Gasteiger partial charge in [-0.2, -0.15) is 5.26 Å². The second-order valence-corrected chi connectivity index (χ2v) is 7.20. The number of nitrogens with two attached hydrogens (primary N) is 1. The van der Waals surface area contributed by atoms with Gasteiger partial charge in [0.15, 0.2) is 0 Å². The van der Waals surface area contributed by atoms with Gasteiger partial charge in [0.2, 0.25) is 0 Å². The molecule has 20 heavy (non-hydrogen) atoms. The summed E-state index contributed by atoms with van der Waals surface area (Å²) in [6.07, 6.45) is 2.11. The summed E-state index contributed by atoms with van der Waals surface area (Å²) in [7, 11) is 0. The number of rotatable bonds is 1. The molecule has 2 heterocycles. The van der Waals surface area contributed by atoms with Crippen LogP contribution in [0.15, 0.2) is 6.07 Å². The molecule has 0 radical (unpaired) electrons. The van der Waals surface area contributed by atoms with Crippen LogP contribution in [0.1, 0.15) is 36.9 Å². The Balaban J connectivity index is 2.12. The van der Waals surface area contributed by atoms with E-state index in [0.717, 1.165) is 23.1 Å². The van der Waals surface area contributed by atoms with Crippen LogP contribution in [0.3, 0.4) is 0 Å². The SMILES string of the molecule is CC(C)C1Cc2cc3c(N)c(C#N)sc3nc2CC1C. The van der Waals surface area contributed by atoms with E-state index in [1.807, 2.05) is 0 Å². The highest BCUT2D eigenvalue weighted by molar-refractivity contribution is 7.19. The van der Waals surface area contributed by atoms with Gasteiger partial charge in [0.25, 0.3) is 0 Å². The summed E-state index contributed by atoms with van der Waals surface area (Å²) in [5, 5.41) is 10.1. The molecule has 1 aliphatic carbocycles. The molecule has 0 amide bonds.